The van der Waals surface area contributed by atoms with E-state index >= 15 is 0 Å². The van der Waals surface area contributed by atoms with Crippen LogP contribution in [-0.2, 0) is 11.3 Å². The van der Waals surface area contributed by atoms with Crippen LogP contribution in [0.4, 0.5) is 0 Å². The second-order valence-corrected chi connectivity index (χ2v) is 8.89. The van der Waals surface area contributed by atoms with Crippen LogP contribution in [0.1, 0.15) is 43.7 Å². The number of hydrogen-bond acceptors (Lipinski definition) is 3. The number of carbonyl (C=O) groups is 1. The topological polar surface area (TPSA) is 35.6 Å². The Labute approximate surface area is 182 Å². The summed E-state index contributed by atoms with van der Waals surface area (Å²) in [6, 6.07) is 21.0. The van der Waals surface area contributed by atoms with Crippen LogP contribution in [-0.4, -0.2) is 55.0 Å². The van der Waals surface area contributed by atoms with Crippen LogP contribution in [0, 0.1) is 5.92 Å². The normalized spacial score (nSPS) is 17.6. The molecule has 1 aliphatic rings. The van der Waals surface area contributed by atoms with Crippen molar-refractivity contribution in [1.29, 1.82) is 0 Å². The van der Waals surface area contributed by atoms with Crippen molar-refractivity contribution in [3.8, 4) is 0 Å². The van der Waals surface area contributed by atoms with Crippen molar-refractivity contribution >= 4 is 5.91 Å². The summed E-state index contributed by atoms with van der Waals surface area (Å²) in [6.07, 6.45) is 2.33. The van der Waals surface area contributed by atoms with Crippen LogP contribution >= 0.6 is 0 Å². The maximum Gasteiger partial charge on any atom is 0.237 e. The average molecular weight is 408 g/mol. The summed E-state index contributed by atoms with van der Waals surface area (Å²) in [7, 11) is 2.21. The Morgan fingerprint density at radius 1 is 1.03 bits per heavy atom. The monoisotopic (exact) mass is 407 g/mol. The Hall–Kier alpha value is -2.17. The van der Waals surface area contributed by atoms with Crippen molar-refractivity contribution in [2.24, 2.45) is 5.92 Å². The predicted octanol–water partition coefficient (Wildman–Crippen LogP) is 4.14. The van der Waals surface area contributed by atoms with E-state index in [4.69, 9.17) is 0 Å². The quantitative estimate of drug-likeness (QED) is 0.679. The molecule has 1 saturated heterocycles. The smallest absolute Gasteiger partial charge is 0.237 e. The summed E-state index contributed by atoms with van der Waals surface area (Å²) < 4.78 is 0. The van der Waals surface area contributed by atoms with Crippen molar-refractivity contribution in [3.05, 3.63) is 71.8 Å². The van der Waals surface area contributed by atoms with Crippen molar-refractivity contribution in [2.45, 2.75) is 45.2 Å². The van der Waals surface area contributed by atoms with E-state index in [0.29, 0.717) is 18.4 Å². The number of rotatable bonds is 9. The van der Waals surface area contributed by atoms with E-state index in [0.717, 1.165) is 39.0 Å². The molecule has 0 aromatic heterocycles. The van der Waals surface area contributed by atoms with Gasteiger partial charge in [0.1, 0.15) is 0 Å². The Morgan fingerprint density at radius 3 is 2.27 bits per heavy atom. The fourth-order valence-electron chi connectivity index (χ4n) is 4.39. The van der Waals surface area contributed by atoms with Crippen molar-refractivity contribution < 1.29 is 4.79 Å². The summed E-state index contributed by atoms with van der Waals surface area (Å²) in [5.41, 5.74) is 2.64. The fraction of sp³-hybridized carbons (Fsp3) is 0.500. The van der Waals surface area contributed by atoms with Crippen LogP contribution in [0.25, 0.3) is 0 Å². The average Bonchev–Trinajstić information content (AvgIpc) is 2.78. The lowest BCUT2D eigenvalue weighted by Gasteiger charge is -2.36. The Morgan fingerprint density at radius 2 is 1.63 bits per heavy atom. The molecule has 1 fully saturated rings. The van der Waals surface area contributed by atoms with E-state index in [9.17, 15) is 4.79 Å². The van der Waals surface area contributed by atoms with Crippen LogP contribution in [0.5, 0.6) is 0 Å². The molecule has 2 atom stereocenters. The minimum Gasteiger partial charge on any atom is -0.354 e. The molecule has 0 spiro atoms. The molecule has 0 radical (unpaired) electrons. The molecule has 1 aliphatic heterocycles. The van der Waals surface area contributed by atoms with Crippen LogP contribution in [0.15, 0.2) is 60.7 Å². The Bertz CT molecular complexity index is 756. The number of piperidine rings is 1. The lowest BCUT2D eigenvalue weighted by molar-refractivity contribution is -0.126. The van der Waals surface area contributed by atoms with Gasteiger partial charge in [0, 0.05) is 19.6 Å². The van der Waals surface area contributed by atoms with Crippen molar-refractivity contribution in [2.75, 3.05) is 33.2 Å². The Balaban J connectivity index is 1.38. The van der Waals surface area contributed by atoms with Gasteiger partial charge in [-0.2, -0.15) is 0 Å². The molecule has 2 aromatic rings. The zero-order chi connectivity index (χ0) is 21.3. The van der Waals surface area contributed by atoms with Gasteiger partial charge in [-0.25, -0.2) is 0 Å². The zero-order valence-electron chi connectivity index (χ0n) is 18.8. The van der Waals surface area contributed by atoms with E-state index < -0.39 is 0 Å². The predicted molar refractivity (Wildman–Crippen MR) is 124 cm³/mol. The minimum absolute atomic E-state index is 0.0593. The first-order chi connectivity index (χ1) is 14.5. The number of likely N-dealkylation sites (tertiary alicyclic amines) is 1. The van der Waals surface area contributed by atoms with Gasteiger partial charge < -0.3 is 10.2 Å². The second-order valence-electron chi connectivity index (χ2n) is 8.89. The van der Waals surface area contributed by atoms with E-state index in [1.54, 1.807) is 0 Å². The van der Waals surface area contributed by atoms with Gasteiger partial charge in [-0.05, 0) is 62.9 Å². The molecule has 2 unspecified atom stereocenters. The highest BCUT2D eigenvalue weighted by molar-refractivity contribution is 5.81. The molecule has 2 aromatic carbocycles. The van der Waals surface area contributed by atoms with E-state index in [1.165, 1.54) is 11.1 Å². The largest absolute Gasteiger partial charge is 0.354 e. The first-order valence-electron chi connectivity index (χ1n) is 11.3. The van der Waals surface area contributed by atoms with Gasteiger partial charge in [0.25, 0.3) is 0 Å². The molecule has 0 saturated carbocycles. The molecular weight excluding hydrogens is 370 g/mol. The highest BCUT2D eigenvalue weighted by atomic mass is 16.2. The third-order valence-corrected chi connectivity index (χ3v) is 6.39. The van der Waals surface area contributed by atoms with E-state index in [1.807, 2.05) is 13.0 Å². The molecule has 3 rings (SSSR count). The van der Waals surface area contributed by atoms with Crippen LogP contribution < -0.4 is 5.32 Å². The van der Waals surface area contributed by atoms with Gasteiger partial charge >= 0.3 is 0 Å². The van der Waals surface area contributed by atoms with Crippen molar-refractivity contribution in [3.63, 3.8) is 0 Å². The molecule has 0 bridgehead atoms. The summed E-state index contributed by atoms with van der Waals surface area (Å²) in [5, 5.41) is 3.16. The first kappa shape index (κ1) is 22.5. The van der Waals surface area contributed by atoms with E-state index in [2.05, 4.69) is 83.7 Å². The van der Waals surface area contributed by atoms with Gasteiger partial charge in [0.2, 0.25) is 5.91 Å². The molecule has 1 heterocycles. The number of amides is 1. The number of carbonyl (C=O) groups excluding carboxylic acids is 1. The molecule has 4 nitrogen and oxygen atoms in total. The van der Waals surface area contributed by atoms with Crippen molar-refractivity contribution in [1.82, 2.24) is 15.1 Å². The molecule has 4 heteroatoms. The van der Waals surface area contributed by atoms with Gasteiger partial charge in [-0.3, -0.25) is 9.69 Å². The SMILES string of the molecule is CC(CNC(=O)C(C)N1CCC(CN(C)Cc2ccccc2)CC1)c1ccccc1. The summed E-state index contributed by atoms with van der Waals surface area (Å²) in [5.74, 6) is 1.19. The third-order valence-electron chi connectivity index (χ3n) is 6.39. The van der Waals surface area contributed by atoms with Gasteiger partial charge in [0.15, 0.2) is 0 Å². The molecule has 0 aliphatic carbocycles. The molecular formula is C26H37N3O. The number of benzene rings is 2. The number of nitrogens with one attached hydrogen (secondary N) is 1. The third kappa shape index (κ3) is 6.68. The zero-order valence-corrected chi connectivity index (χ0v) is 18.8. The lowest BCUT2D eigenvalue weighted by Crippen LogP contribution is -2.49. The van der Waals surface area contributed by atoms with Crippen LogP contribution in [0.3, 0.4) is 0 Å². The van der Waals surface area contributed by atoms with E-state index in [-0.39, 0.29) is 11.9 Å². The van der Waals surface area contributed by atoms with Gasteiger partial charge in [-0.15, -0.1) is 0 Å². The molecule has 1 N–H and O–H groups in total. The minimum atomic E-state index is -0.0593. The first-order valence-corrected chi connectivity index (χ1v) is 11.3. The number of hydrogen-bond donors (Lipinski definition) is 1. The van der Waals surface area contributed by atoms with Gasteiger partial charge in [0.05, 0.1) is 6.04 Å². The maximum atomic E-state index is 12.7. The highest BCUT2D eigenvalue weighted by Gasteiger charge is 2.27. The fourth-order valence-corrected chi connectivity index (χ4v) is 4.39. The molecule has 162 valence electrons. The Kier molecular flexibility index (Phi) is 8.47. The summed E-state index contributed by atoms with van der Waals surface area (Å²) >= 11 is 0. The maximum absolute atomic E-state index is 12.7. The highest BCUT2D eigenvalue weighted by Crippen LogP contribution is 2.21. The number of nitrogens with zero attached hydrogens (tertiary/aromatic N) is 2. The van der Waals surface area contributed by atoms with Gasteiger partial charge in [-0.1, -0.05) is 67.6 Å². The second kappa shape index (κ2) is 11.3. The molecule has 1 amide bonds. The van der Waals surface area contributed by atoms with Crippen LogP contribution in [0.2, 0.25) is 0 Å². The molecule has 30 heavy (non-hydrogen) atoms. The standard InChI is InChI=1S/C26H37N3O/c1-21(25-12-8-5-9-13-25)18-27-26(30)22(2)29-16-14-24(15-17-29)20-28(3)19-23-10-6-4-7-11-23/h4-13,21-22,24H,14-20H2,1-3H3,(H,27,30). The summed E-state index contributed by atoms with van der Waals surface area (Å²) in [4.78, 5) is 17.5. The summed E-state index contributed by atoms with van der Waals surface area (Å²) in [6.45, 7) is 9.03. The lowest BCUT2D eigenvalue weighted by atomic mass is 9.95.